The average Bonchev–Trinajstić information content (AvgIpc) is 3.08. The maximum Gasteiger partial charge on any atom is 0.253 e. The van der Waals surface area contributed by atoms with Gasteiger partial charge in [-0.25, -0.2) is 9.50 Å². The summed E-state index contributed by atoms with van der Waals surface area (Å²) in [4.78, 5) is 19.1. The Morgan fingerprint density at radius 1 is 0.938 bits per heavy atom. The Bertz CT molecular complexity index is 1300. The Hall–Kier alpha value is -4.02. The van der Waals surface area contributed by atoms with Crippen molar-refractivity contribution in [3.05, 3.63) is 78.0 Å². The number of benzene rings is 2. The fourth-order valence-electron chi connectivity index (χ4n) is 3.85. The molecule has 0 bridgehead atoms. The molecule has 2 aromatic carbocycles. The van der Waals surface area contributed by atoms with Crippen LogP contribution >= 0.6 is 0 Å². The van der Waals surface area contributed by atoms with E-state index in [1.807, 2.05) is 53.4 Å². The van der Waals surface area contributed by atoms with Crippen LogP contribution < -0.4 is 0 Å². The summed E-state index contributed by atoms with van der Waals surface area (Å²) in [6, 6.07) is 20.9. The fourth-order valence-corrected chi connectivity index (χ4v) is 3.85. The first-order valence-corrected chi connectivity index (χ1v) is 10.6. The van der Waals surface area contributed by atoms with Gasteiger partial charge in [0.1, 0.15) is 0 Å². The van der Waals surface area contributed by atoms with E-state index in [0.717, 1.165) is 41.1 Å². The van der Waals surface area contributed by atoms with Crippen molar-refractivity contribution >= 4 is 11.6 Å². The van der Waals surface area contributed by atoms with Crippen LogP contribution in [0.5, 0.6) is 0 Å². The average molecular weight is 423 g/mol. The maximum absolute atomic E-state index is 12.8. The zero-order valence-corrected chi connectivity index (χ0v) is 17.4. The van der Waals surface area contributed by atoms with Crippen molar-refractivity contribution in [2.24, 2.45) is 0 Å². The van der Waals surface area contributed by atoms with Gasteiger partial charge < -0.3 is 9.64 Å². The molecule has 32 heavy (non-hydrogen) atoms. The largest absolute Gasteiger partial charge is 0.380 e. The molecule has 0 aliphatic carbocycles. The van der Waals surface area contributed by atoms with Gasteiger partial charge in [-0.2, -0.15) is 10.4 Å². The second kappa shape index (κ2) is 8.61. The van der Waals surface area contributed by atoms with Crippen molar-refractivity contribution in [1.29, 1.82) is 5.26 Å². The van der Waals surface area contributed by atoms with Crippen LogP contribution in [0.15, 0.2) is 66.9 Å². The van der Waals surface area contributed by atoms with Crippen LogP contribution in [0.25, 0.3) is 28.2 Å². The molecule has 7 heteroatoms. The Labute approximate surface area is 185 Å². The first-order chi connectivity index (χ1) is 15.7. The van der Waals surface area contributed by atoms with Crippen LogP contribution in [-0.4, -0.2) is 51.7 Å². The van der Waals surface area contributed by atoms with Crippen LogP contribution in [0.2, 0.25) is 0 Å². The van der Waals surface area contributed by atoms with Gasteiger partial charge in [0.05, 0.1) is 35.8 Å². The van der Waals surface area contributed by atoms with E-state index in [4.69, 9.17) is 15.1 Å². The third-order valence-corrected chi connectivity index (χ3v) is 5.61. The molecule has 0 spiro atoms. The van der Waals surface area contributed by atoms with E-state index in [0.29, 0.717) is 30.9 Å². The monoisotopic (exact) mass is 423 g/mol. The van der Waals surface area contributed by atoms with E-state index in [2.05, 4.69) is 11.1 Å². The minimum absolute atomic E-state index is 0.0307. The molecule has 0 N–H and O–H groups in total. The quantitative estimate of drug-likeness (QED) is 0.501. The summed E-state index contributed by atoms with van der Waals surface area (Å²) in [7, 11) is 0. The molecular weight excluding hydrogens is 402 g/mol. The van der Waals surface area contributed by atoms with Crippen LogP contribution in [0, 0.1) is 11.3 Å². The molecule has 1 amide bonds. The van der Waals surface area contributed by atoms with Crippen molar-refractivity contribution in [3.8, 4) is 28.6 Å². The number of hydrogen-bond acceptors (Lipinski definition) is 5. The molecule has 158 valence electrons. The number of carbonyl (C=O) groups excluding carboxylic acids is 1. The summed E-state index contributed by atoms with van der Waals surface area (Å²) in [6.45, 7) is 2.63. The topological polar surface area (TPSA) is 83.5 Å². The molecular formula is C25H21N5O2. The number of amides is 1. The number of carbonyl (C=O) groups is 1. The van der Waals surface area contributed by atoms with Crippen molar-refractivity contribution in [2.75, 3.05) is 26.3 Å². The van der Waals surface area contributed by atoms with Gasteiger partial charge in [0.2, 0.25) is 0 Å². The second-order valence-electron chi connectivity index (χ2n) is 7.66. The first-order valence-electron chi connectivity index (χ1n) is 10.6. The van der Waals surface area contributed by atoms with Gasteiger partial charge in [-0.05, 0) is 42.8 Å². The first kappa shape index (κ1) is 19.9. The van der Waals surface area contributed by atoms with Gasteiger partial charge in [-0.3, -0.25) is 4.79 Å². The maximum atomic E-state index is 12.8. The fraction of sp³-hybridized carbons (Fsp3) is 0.200. The summed E-state index contributed by atoms with van der Waals surface area (Å²) < 4.78 is 7.24. The van der Waals surface area contributed by atoms with Gasteiger partial charge >= 0.3 is 0 Å². The zero-order chi connectivity index (χ0) is 21.9. The number of nitriles is 1. The molecule has 5 rings (SSSR count). The van der Waals surface area contributed by atoms with E-state index in [9.17, 15) is 4.79 Å². The Morgan fingerprint density at radius 3 is 2.50 bits per heavy atom. The van der Waals surface area contributed by atoms with Crippen LogP contribution in [0.4, 0.5) is 0 Å². The zero-order valence-electron chi connectivity index (χ0n) is 17.4. The van der Waals surface area contributed by atoms with Crippen molar-refractivity contribution in [3.63, 3.8) is 0 Å². The molecule has 1 fully saturated rings. The summed E-state index contributed by atoms with van der Waals surface area (Å²) in [5, 5.41) is 13.8. The predicted octanol–water partition coefficient (Wildman–Crippen LogP) is 3.80. The lowest BCUT2D eigenvalue weighted by molar-refractivity contribution is 0.0741. The Kier molecular flexibility index (Phi) is 5.36. The Morgan fingerprint density at radius 2 is 1.72 bits per heavy atom. The number of ether oxygens (including phenoxy) is 1. The standard InChI is InChI=1S/C25H21N5O2/c26-16-18-2-4-20(5-3-18)23-17-27-24-11-10-22(28-30(23)24)19-6-8-21(9-7-19)25(31)29-12-1-14-32-15-13-29/h2-11,17H,1,12-15H2. The highest BCUT2D eigenvalue weighted by molar-refractivity contribution is 5.94. The number of fused-ring (bicyclic) bond motifs is 1. The molecule has 0 atom stereocenters. The minimum atomic E-state index is 0.0307. The van der Waals surface area contributed by atoms with Crippen LogP contribution in [-0.2, 0) is 4.74 Å². The normalized spacial score (nSPS) is 14.2. The highest BCUT2D eigenvalue weighted by Crippen LogP contribution is 2.24. The lowest BCUT2D eigenvalue weighted by Gasteiger charge is -2.19. The third kappa shape index (κ3) is 3.84. The van der Waals surface area contributed by atoms with E-state index in [1.54, 1.807) is 22.8 Å². The van der Waals surface area contributed by atoms with Crippen LogP contribution in [0.3, 0.4) is 0 Å². The summed E-state index contributed by atoms with van der Waals surface area (Å²) in [5.74, 6) is 0.0307. The smallest absolute Gasteiger partial charge is 0.253 e. The lowest BCUT2D eigenvalue weighted by atomic mass is 10.1. The van der Waals surface area contributed by atoms with E-state index in [1.165, 1.54) is 0 Å². The minimum Gasteiger partial charge on any atom is -0.380 e. The number of nitrogens with zero attached hydrogens (tertiary/aromatic N) is 5. The Balaban J connectivity index is 1.43. The number of rotatable bonds is 3. The SMILES string of the molecule is N#Cc1ccc(-c2cnc3ccc(-c4ccc(C(=O)N5CCCOCC5)cc4)nn23)cc1. The molecule has 0 unspecified atom stereocenters. The highest BCUT2D eigenvalue weighted by Gasteiger charge is 2.17. The molecule has 4 aromatic rings. The van der Waals surface area contributed by atoms with Gasteiger partial charge in [0, 0.05) is 36.4 Å². The molecule has 1 aliphatic rings. The predicted molar refractivity (Wildman–Crippen MR) is 120 cm³/mol. The summed E-state index contributed by atoms with van der Waals surface area (Å²) in [6.07, 6.45) is 2.64. The van der Waals surface area contributed by atoms with Gasteiger partial charge in [-0.1, -0.05) is 24.3 Å². The van der Waals surface area contributed by atoms with Gasteiger partial charge in [-0.15, -0.1) is 0 Å². The van der Waals surface area contributed by atoms with E-state index >= 15 is 0 Å². The van der Waals surface area contributed by atoms with Gasteiger partial charge in [0.15, 0.2) is 5.65 Å². The highest BCUT2D eigenvalue weighted by atomic mass is 16.5. The summed E-state index contributed by atoms with van der Waals surface area (Å²) >= 11 is 0. The lowest BCUT2D eigenvalue weighted by Crippen LogP contribution is -2.33. The number of hydrogen-bond donors (Lipinski definition) is 0. The van der Waals surface area contributed by atoms with Crippen LogP contribution in [0.1, 0.15) is 22.3 Å². The second-order valence-corrected chi connectivity index (χ2v) is 7.66. The van der Waals surface area contributed by atoms with Crippen molar-refractivity contribution in [1.82, 2.24) is 19.5 Å². The molecule has 1 aliphatic heterocycles. The summed E-state index contributed by atoms with van der Waals surface area (Å²) in [5.41, 5.74) is 5.50. The molecule has 2 aromatic heterocycles. The molecule has 7 nitrogen and oxygen atoms in total. The molecule has 0 radical (unpaired) electrons. The van der Waals surface area contributed by atoms with E-state index < -0.39 is 0 Å². The molecule has 1 saturated heterocycles. The molecule has 3 heterocycles. The van der Waals surface area contributed by atoms with Crippen molar-refractivity contribution < 1.29 is 9.53 Å². The van der Waals surface area contributed by atoms with Gasteiger partial charge in [0.25, 0.3) is 5.91 Å². The molecule has 0 saturated carbocycles. The van der Waals surface area contributed by atoms with Crippen molar-refractivity contribution in [2.45, 2.75) is 6.42 Å². The third-order valence-electron chi connectivity index (χ3n) is 5.61. The van der Waals surface area contributed by atoms with E-state index in [-0.39, 0.29) is 5.91 Å². The number of imidazole rings is 1. The number of aromatic nitrogens is 3.